The fraction of sp³-hybridized carbons (Fsp3) is 0.533. The van der Waals surface area contributed by atoms with Crippen LogP contribution in [0.25, 0.3) is 0 Å². The molecule has 0 spiro atoms. The van der Waals surface area contributed by atoms with E-state index in [1.165, 1.54) is 7.11 Å². The summed E-state index contributed by atoms with van der Waals surface area (Å²) in [4.78, 5) is 11.7. The summed E-state index contributed by atoms with van der Waals surface area (Å²) in [7, 11) is 3.15. The van der Waals surface area contributed by atoms with E-state index in [2.05, 4.69) is 21.2 Å². The lowest BCUT2D eigenvalue weighted by molar-refractivity contribution is -0.121. The maximum atomic E-state index is 11.7. The molecule has 1 rings (SSSR count). The summed E-state index contributed by atoms with van der Waals surface area (Å²) >= 11 is 3.42. The van der Waals surface area contributed by atoms with E-state index in [-0.39, 0.29) is 12.5 Å². The summed E-state index contributed by atoms with van der Waals surface area (Å²) in [6, 6.07) is 5.77. The number of amides is 1. The number of halogens is 1. The number of methoxy groups -OCH3 is 2. The van der Waals surface area contributed by atoms with E-state index >= 15 is 0 Å². The molecule has 0 bridgehead atoms. The lowest BCUT2D eigenvalue weighted by Gasteiger charge is -2.10. The van der Waals surface area contributed by atoms with Crippen LogP contribution in [-0.2, 0) is 16.0 Å². The molecule has 0 radical (unpaired) electrons. The van der Waals surface area contributed by atoms with Gasteiger partial charge in [0.15, 0.2) is 0 Å². The van der Waals surface area contributed by atoms with Crippen molar-refractivity contribution in [3.05, 3.63) is 28.2 Å². The number of rotatable bonds is 9. The number of nitrogens with one attached hydrogen (secondary N) is 1. The van der Waals surface area contributed by atoms with Crippen molar-refractivity contribution in [3.8, 4) is 5.75 Å². The Labute approximate surface area is 133 Å². The molecule has 1 unspecified atom stereocenters. The van der Waals surface area contributed by atoms with Gasteiger partial charge in [0.1, 0.15) is 5.75 Å². The highest BCUT2D eigenvalue weighted by atomic mass is 79.9. The zero-order valence-corrected chi connectivity index (χ0v) is 14.0. The van der Waals surface area contributed by atoms with Crippen LogP contribution in [0.1, 0.15) is 18.4 Å². The molecule has 1 aromatic rings. The van der Waals surface area contributed by atoms with E-state index < -0.39 is 6.10 Å². The van der Waals surface area contributed by atoms with Gasteiger partial charge in [0.05, 0.1) is 24.3 Å². The third kappa shape index (κ3) is 6.93. The van der Waals surface area contributed by atoms with Crippen LogP contribution in [0.3, 0.4) is 0 Å². The van der Waals surface area contributed by atoms with Gasteiger partial charge in [-0.3, -0.25) is 4.79 Å². The van der Waals surface area contributed by atoms with E-state index in [0.717, 1.165) is 15.8 Å². The number of carbonyl (C=O) groups is 1. The molecule has 0 aliphatic carbocycles. The number of benzene rings is 1. The molecule has 0 aromatic heterocycles. The maximum absolute atomic E-state index is 11.7. The number of carbonyl (C=O) groups excluding carboxylic acids is 1. The molecule has 1 aromatic carbocycles. The number of hydrogen-bond acceptors (Lipinski definition) is 4. The highest BCUT2D eigenvalue weighted by Crippen LogP contribution is 2.25. The van der Waals surface area contributed by atoms with Crippen molar-refractivity contribution in [3.63, 3.8) is 0 Å². The number of aliphatic hydroxyl groups is 1. The van der Waals surface area contributed by atoms with Crippen molar-refractivity contribution in [1.29, 1.82) is 0 Å². The van der Waals surface area contributed by atoms with Gasteiger partial charge in [-0.15, -0.1) is 0 Å². The van der Waals surface area contributed by atoms with Gasteiger partial charge in [-0.2, -0.15) is 0 Å². The Balaban J connectivity index is 2.28. The van der Waals surface area contributed by atoms with Crippen LogP contribution in [0.15, 0.2) is 22.7 Å². The normalized spacial score (nSPS) is 12.0. The monoisotopic (exact) mass is 359 g/mol. The van der Waals surface area contributed by atoms with Crippen LogP contribution in [0.2, 0.25) is 0 Å². The van der Waals surface area contributed by atoms with Crippen LogP contribution < -0.4 is 10.1 Å². The molecule has 118 valence electrons. The first-order valence-electron chi connectivity index (χ1n) is 6.83. The van der Waals surface area contributed by atoms with Crippen LogP contribution in [-0.4, -0.2) is 44.5 Å². The van der Waals surface area contributed by atoms with E-state index in [9.17, 15) is 9.90 Å². The standard InChI is InChI=1S/C15H22BrNO4/c1-20-10-12(18)7-8-17-15(19)6-4-11-3-5-14(21-2)13(16)9-11/h3,5,9,12,18H,4,6-8,10H2,1-2H3,(H,17,19). The van der Waals surface area contributed by atoms with E-state index in [1.54, 1.807) is 7.11 Å². The minimum absolute atomic E-state index is 0.0217. The Morgan fingerprint density at radius 2 is 2.19 bits per heavy atom. The van der Waals surface area contributed by atoms with Gasteiger partial charge in [0.2, 0.25) is 5.91 Å². The summed E-state index contributed by atoms with van der Waals surface area (Å²) in [6.07, 6.45) is 1.04. The van der Waals surface area contributed by atoms with Crippen molar-refractivity contribution in [2.24, 2.45) is 0 Å². The Hall–Kier alpha value is -1.11. The minimum Gasteiger partial charge on any atom is -0.496 e. The smallest absolute Gasteiger partial charge is 0.220 e. The Morgan fingerprint density at radius 3 is 2.81 bits per heavy atom. The lowest BCUT2D eigenvalue weighted by atomic mass is 10.1. The van der Waals surface area contributed by atoms with Crippen LogP contribution >= 0.6 is 15.9 Å². The molecule has 1 amide bonds. The zero-order chi connectivity index (χ0) is 15.7. The second-order valence-corrected chi connectivity index (χ2v) is 5.57. The third-order valence-corrected chi connectivity index (χ3v) is 3.64. The predicted molar refractivity (Wildman–Crippen MR) is 84.5 cm³/mol. The van der Waals surface area contributed by atoms with Gasteiger partial charge in [-0.1, -0.05) is 6.07 Å². The lowest BCUT2D eigenvalue weighted by Crippen LogP contribution is -2.28. The quantitative estimate of drug-likeness (QED) is 0.706. The molecule has 0 aliphatic rings. The van der Waals surface area contributed by atoms with Gasteiger partial charge < -0.3 is 19.9 Å². The van der Waals surface area contributed by atoms with Crippen molar-refractivity contribution in [1.82, 2.24) is 5.32 Å². The highest BCUT2D eigenvalue weighted by Gasteiger charge is 2.07. The van der Waals surface area contributed by atoms with Crippen LogP contribution in [0, 0.1) is 0 Å². The molecular formula is C15H22BrNO4. The van der Waals surface area contributed by atoms with Crippen molar-refractivity contribution in [2.75, 3.05) is 27.4 Å². The predicted octanol–water partition coefficient (Wildman–Crippen LogP) is 1.90. The Bertz CT molecular complexity index is 453. The molecule has 1 atom stereocenters. The number of aryl methyl sites for hydroxylation is 1. The summed E-state index contributed by atoms with van der Waals surface area (Å²) in [5, 5.41) is 12.2. The van der Waals surface area contributed by atoms with Crippen molar-refractivity contribution >= 4 is 21.8 Å². The second kappa shape index (κ2) is 9.76. The molecule has 0 aliphatic heterocycles. The largest absolute Gasteiger partial charge is 0.496 e. The van der Waals surface area contributed by atoms with Gasteiger partial charge in [-0.05, 0) is 46.5 Å². The molecule has 0 fully saturated rings. The summed E-state index contributed by atoms with van der Waals surface area (Å²) in [5.41, 5.74) is 1.07. The first-order chi connectivity index (χ1) is 10.1. The first kappa shape index (κ1) is 17.9. The van der Waals surface area contributed by atoms with Crippen molar-refractivity contribution < 1.29 is 19.4 Å². The fourth-order valence-electron chi connectivity index (χ4n) is 1.87. The fourth-order valence-corrected chi connectivity index (χ4v) is 2.45. The van der Waals surface area contributed by atoms with E-state index in [4.69, 9.17) is 9.47 Å². The summed E-state index contributed by atoms with van der Waals surface area (Å²) in [6.45, 7) is 0.741. The molecule has 2 N–H and O–H groups in total. The Kier molecular flexibility index (Phi) is 8.34. The topological polar surface area (TPSA) is 67.8 Å². The zero-order valence-electron chi connectivity index (χ0n) is 12.4. The average molecular weight is 360 g/mol. The SMILES string of the molecule is COCC(O)CCNC(=O)CCc1ccc(OC)c(Br)c1. The molecule has 6 heteroatoms. The molecule has 0 heterocycles. The van der Waals surface area contributed by atoms with E-state index in [1.807, 2.05) is 18.2 Å². The summed E-state index contributed by atoms with van der Waals surface area (Å²) in [5.74, 6) is 0.752. The number of hydrogen-bond donors (Lipinski definition) is 2. The molecule has 0 saturated heterocycles. The summed E-state index contributed by atoms with van der Waals surface area (Å²) < 4.78 is 10.9. The minimum atomic E-state index is -0.534. The average Bonchev–Trinajstić information content (AvgIpc) is 2.45. The first-order valence-corrected chi connectivity index (χ1v) is 7.62. The van der Waals surface area contributed by atoms with Gasteiger partial charge in [-0.25, -0.2) is 0 Å². The van der Waals surface area contributed by atoms with Crippen molar-refractivity contribution in [2.45, 2.75) is 25.4 Å². The van der Waals surface area contributed by atoms with E-state index in [0.29, 0.717) is 25.8 Å². The molecule has 0 saturated carbocycles. The van der Waals surface area contributed by atoms with Gasteiger partial charge in [0, 0.05) is 20.1 Å². The van der Waals surface area contributed by atoms with Crippen LogP contribution in [0.4, 0.5) is 0 Å². The second-order valence-electron chi connectivity index (χ2n) is 4.72. The Morgan fingerprint density at radius 1 is 1.43 bits per heavy atom. The number of aliphatic hydroxyl groups excluding tert-OH is 1. The number of ether oxygens (including phenoxy) is 2. The molecule has 5 nitrogen and oxygen atoms in total. The molecular weight excluding hydrogens is 338 g/mol. The van der Waals surface area contributed by atoms with Gasteiger partial charge >= 0.3 is 0 Å². The highest BCUT2D eigenvalue weighted by molar-refractivity contribution is 9.10. The third-order valence-electron chi connectivity index (χ3n) is 3.02. The molecule has 21 heavy (non-hydrogen) atoms. The van der Waals surface area contributed by atoms with Crippen LogP contribution in [0.5, 0.6) is 5.75 Å². The van der Waals surface area contributed by atoms with Gasteiger partial charge in [0.25, 0.3) is 0 Å². The maximum Gasteiger partial charge on any atom is 0.220 e.